The molecule has 1 atom stereocenters. The third-order valence-corrected chi connectivity index (χ3v) is 5.15. The van der Waals surface area contributed by atoms with E-state index < -0.39 is 0 Å². The summed E-state index contributed by atoms with van der Waals surface area (Å²) in [5.74, 6) is 0.0530. The van der Waals surface area contributed by atoms with Crippen molar-refractivity contribution in [2.75, 3.05) is 0 Å². The predicted octanol–water partition coefficient (Wildman–Crippen LogP) is 4.74. The van der Waals surface area contributed by atoms with Crippen molar-refractivity contribution < 1.29 is 4.79 Å². The first kappa shape index (κ1) is 20.2. The smallest absolute Gasteiger partial charge is 0.254 e. The highest BCUT2D eigenvalue weighted by Crippen LogP contribution is 2.24. The fraction of sp³-hybridized carbons (Fsp3) is 0.364. The van der Waals surface area contributed by atoms with Gasteiger partial charge in [0.2, 0.25) is 0 Å². The van der Waals surface area contributed by atoms with E-state index in [4.69, 9.17) is 11.6 Å². The van der Waals surface area contributed by atoms with Gasteiger partial charge >= 0.3 is 0 Å². The lowest BCUT2D eigenvalue weighted by molar-refractivity contribution is 0.0937. The van der Waals surface area contributed by atoms with Crippen molar-refractivity contribution >= 4 is 17.5 Å². The van der Waals surface area contributed by atoms with Gasteiger partial charge in [-0.25, -0.2) is 4.68 Å². The van der Waals surface area contributed by atoms with Gasteiger partial charge in [0.05, 0.1) is 23.1 Å². The van der Waals surface area contributed by atoms with E-state index in [0.717, 1.165) is 24.2 Å². The minimum Gasteiger partial charge on any atom is -0.354 e. The zero-order chi connectivity index (χ0) is 20.3. The van der Waals surface area contributed by atoms with Crippen molar-refractivity contribution in [1.82, 2.24) is 19.7 Å². The molecule has 5 nitrogen and oxygen atoms in total. The van der Waals surface area contributed by atoms with Gasteiger partial charge in [-0.05, 0) is 56.0 Å². The number of hydrogen-bond donors (Lipinski definition) is 1. The summed E-state index contributed by atoms with van der Waals surface area (Å²) in [6.45, 7) is 6.17. The Kier molecular flexibility index (Phi) is 6.25. The van der Waals surface area contributed by atoms with Crippen molar-refractivity contribution in [2.24, 2.45) is 7.05 Å². The Hall–Kier alpha value is -2.53. The zero-order valence-electron chi connectivity index (χ0n) is 16.8. The van der Waals surface area contributed by atoms with Gasteiger partial charge in [0, 0.05) is 30.0 Å². The monoisotopic (exact) mass is 398 g/mol. The molecule has 2 heterocycles. The molecule has 0 aliphatic carbocycles. The maximum atomic E-state index is 12.9. The number of nitrogens with zero attached hydrogens (tertiary/aromatic N) is 3. The molecule has 148 valence electrons. The summed E-state index contributed by atoms with van der Waals surface area (Å²) in [4.78, 5) is 12.9. The molecular weight excluding hydrogens is 372 g/mol. The number of carbonyl (C=O) groups is 1. The molecule has 0 fully saturated rings. The Bertz CT molecular complexity index is 957. The first-order valence-corrected chi connectivity index (χ1v) is 9.99. The number of rotatable bonds is 7. The van der Waals surface area contributed by atoms with Crippen molar-refractivity contribution in [3.8, 4) is 5.69 Å². The van der Waals surface area contributed by atoms with E-state index in [1.165, 1.54) is 5.69 Å². The van der Waals surface area contributed by atoms with Crippen LogP contribution in [0, 0.1) is 0 Å². The molecule has 0 saturated heterocycles. The van der Waals surface area contributed by atoms with Gasteiger partial charge in [-0.2, -0.15) is 5.10 Å². The molecular formula is C22H27ClN4O. The van der Waals surface area contributed by atoms with Crippen molar-refractivity contribution in [3.63, 3.8) is 0 Å². The molecule has 0 bridgehead atoms. The van der Waals surface area contributed by atoms with Gasteiger partial charge in [-0.3, -0.25) is 4.79 Å². The van der Waals surface area contributed by atoms with E-state index in [1.54, 1.807) is 10.9 Å². The number of benzene rings is 1. The molecule has 6 heteroatoms. The Balaban J connectivity index is 1.75. The molecule has 0 radical (unpaired) electrons. The second-order valence-corrected chi connectivity index (χ2v) is 7.95. The summed E-state index contributed by atoms with van der Waals surface area (Å²) in [7, 11) is 2.04. The summed E-state index contributed by atoms with van der Waals surface area (Å²) in [5, 5.41) is 8.23. The number of carbonyl (C=O) groups excluding carboxylic acids is 1. The molecule has 0 aliphatic rings. The number of hydrogen-bond acceptors (Lipinski definition) is 2. The molecule has 0 unspecified atom stereocenters. The highest BCUT2D eigenvalue weighted by molar-refractivity contribution is 6.30. The number of aromatic nitrogens is 3. The fourth-order valence-corrected chi connectivity index (χ4v) is 3.58. The third kappa shape index (κ3) is 4.47. The van der Waals surface area contributed by atoms with Crippen LogP contribution in [0.4, 0.5) is 0 Å². The van der Waals surface area contributed by atoms with E-state index in [0.29, 0.717) is 10.6 Å². The summed E-state index contributed by atoms with van der Waals surface area (Å²) in [5.41, 5.74) is 3.61. The van der Waals surface area contributed by atoms with E-state index in [1.807, 2.05) is 50.5 Å². The predicted molar refractivity (Wildman–Crippen MR) is 113 cm³/mol. The van der Waals surface area contributed by atoms with Crippen LogP contribution in [0.5, 0.6) is 0 Å². The summed E-state index contributed by atoms with van der Waals surface area (Å²) in [6.07, 6.45) is 5.49. The highest BCUT2D eigenvalue weighted by atomic mass is 35.5. The molecule has 3 aromatic rings. The quantitative estimate of drug-likeness (QED) is 0.625. The van der Waals surface area contributed by atoms with Crippen LogP contribution in [0.15, 0.2) is 48.8 Å². The Morgan fingerprint density at radius 1 is 1.21 bits per heavy atom. The van der Waals surface area contributed by atoms with Crippen LogP contribution < -0.4 is 5.32 Å². The molecule has 28 heavy (non-hydrogen) atoms. The van der Waals surface area contributed by atoms with Crippen LogP contribution in [0.3, 0.4) is 0 Å². The van der Waals surface area contributed by atoms with E-state index in [2.05, 4.69) is 34.9 Å². The lowest BCUT2D eigenvalue weighted by atomic mass is 10.0. The van der Waals surface area contributed by atoms with Gasteiger partial charge in [0.1, 0.15) is 0 Å². The highest BCUT2D eigenvalue weighted by Gasteiger charge is 2.22. The van der Waals surface area contributed by atoms with Crippen LogP contribution >= 0.6 is 11.6 Å². The number of amides is 1. The van der Waals surface area contributed by atoms with E-state index in [9.17, 15) is 4.79 Å². The first-order valence-electron chi connectivity index (χ1n) is 9.61. The summed E-state index contributed by atoms with van der Waals surface area (Å²) < 4.78 is 3.92. The van der Waals surface area contributed by atoms with Crippen molar-refractivity contribution in [2.45, 2.75) is 45.6 Å². The maximum absolute atomic E-state index is 12.9. The normalized spacial score (nSPS) is 12.4. The van der Waals surface area contributed by atoms with Crippen LogP contribution in [-0.2, 0) is 13.5 Å². The standard InChI is InChI=1S/C22H27ClN4O/c1-15(2)21-20(14-24-27(21)19-8-5-7-17(23)13-19)22(28)25-16(3)10-11-18-9-6-12-26(18)4/h5-9,12-16H,10-11H2,1-4H3,(H,25,28)/t16-/m1/s1. The maximum Gasteiger partial charge on any atom is 0.254 e. The van der Waals surface area contributed by atoms with Gasteiger partial charge in [-0.15, -0.1) is 0 Å². The van der Waals surface area contributed by atoms with Gasteiger partial charge in [0.15, 0.2) is 0 Å². The average Bonchev–Trinajstić information content (AvgIpc) is 3.26. The second-order valence-electron chi connectivity index (χ2n) is 7.51. The molecule has 0 spiro atoms. The molecule has 1 amide bonds. The van der Waals surface area contributed by atoms with Crippen LogP contribution in [0.2, 0.25) is 5.02 Å². The van der Waals surface area contributed by atoms with Crippen LogP contribution in [0.1, 0.15) is 54.9 Å². The van der Waals surface area contributed by atoms with Gasteiger partial charge in [0.25, 0.3) is 5.91 Å². The minimum absolute atomic E-state index is 0.0666. The molecule has 1 N–H and O–H groups in total. The molecule has 0 saturated carbocycles. The zero-order valence-corrected chi connectivity index (χ0v) is 17.6. The topological polar surface area (TPSA) is 51.9 Å². The van der Waals surface area contributed by atoms with Crippen molar-refractivity contribution in [3.05, 3.63) is 70.8 Å². The van der Waals surface area contributed by atoms with Crippen LogP contribution in [0.25, 0.3) is 5.69 Å². The second kappa shape index (κ2) is 8.65. The number of halogens is 1. The Morgan fingerprint density at radius 3 is 2.64 bits per heavy atom. The van der Waals surface area contributed by atoms with E-state index >= 15 is 0 Å². The Labute approximate surface area is 171 Å². The fourth-order valence-electron chi connectivity index (χ4n) is 3.40. The summed E-state index contributed by atoms with van der Waals surface area (Å²) >= 11 is 6.13. The minimum atomic E-state index is -0.0867. The SMILES string of the molecule is CC(C)c1c(C(=O)N[C@H](C)CCc2cccn2C)cnn1-c1cccc(Cl)c1. The molecule has 0 aliphatic heterocycles. The average molecular weight is 399 g/mol. The molecule has 1 aromatic carbocycles. The van der Waals surface area contributed by atoms with E-state index in [-0.39, 0.29) is 17.9 Å². The number of nitrogens with one attached hydrogen (secondary N) is 1. The van der Waals surface area contributed by atoms with Crippen molar-refractivity contribution in [1.29, 1.82) is 0 Å². The molecule has 2 aromatic heterocycles. The lowest BCUT2D eigenvalue weighted by Gasteiger charge is -2.16. The third-order valence-electron chi connectivity index (χ3n) is 4.91. The lowest BCUT2D eigenvalue weighted by Crippen LogP contribution is -2.33. The van der Waals surface area contributed by atoms with Crippen LogP contribution in [-0.4, -0.2) is 26.3 Å². The van der Waals surface area contributed by atoms with Gasteiger partial charge in [-0.1, -0.05) is 31.5 Å². The molecule has 3 rings (SSSR count). The Morgan fingerprint density at radius 2 is 2.00 bits per heavy atom. The van der Waals surface area contributed by atoms with Gasteiger partial charge < -0.3 is 9.88 Å². The largest absolute Gasteiger partial charge is 0.354 e. The summed E-state index contributed by atoms with van der Waals surface area (Å²) in [6, 6.07) is 11.7. The first-order chi connectivity index (χ1) is 13.4. The number of aryl methyl sites for hydroxylation is 2.